The van der Waals surface area contributed by atoms with Gasteiger partial charge in [0.15, 0.2) is 15.5 Å². The Kier molecular flexibility index (Phi) is 3.32. The smallest absolute Gasteiger partial charge is 0.247 e. The molecule has 6 nitrogen and oxygen atoms in total. The molecule has 22 heavy (non-hydrogen) atoms. The van der Waals surface area contributed by atoms with Gasteiger partial charge in [0.05, 0.1) is 10.6 Å². The summed E-state index contributed by atoms with van der Waals surface area (Å²) in [5.74, 6) is -0.449. The van der Waals surface area contributed by atoms with Crippen molar-refractivity contribution in [1.82, 2.24) is 14.6 Å². The van der Waals surface area contributed by atoms with E-state index in [4.69, 9.17) is 0 Å². The van der Waals surface area contributed by atoms with Gasteiger partial charge in [0, 0.05) is 12.5 Å². The highest BCUT2D eigenvalue weighted by atomic mass is 32.2. The molecule has 0 saturated carbocycles. The summed E-state index contributed by atoms with van der Waals surface area (Å²) >= 11 is 0. The molecule has 0 aliphatic heterocycles. The number of nitrogens with zero attached hydrogens (tertiary/aromatic N) is 3. The third-order valence-electron chi connectivity index (χ3n) is 3.09. The van der Waals surface area contributed by atoms with E-state index in [2.05, 4.69) is 15.4 Å². The number of hydrogen-bond acceptors (Lipinski definition) is 5. The van der Waals surface area contributed by atoms with Crippen LogP contribution < -0.4 is 5.32 Å². The molecule has 1 aromatic carbocycles. The molecule has 8 heteroatoms. The lowest BCUT2D eigenvalue weighted by molar-refractivity contribution is 0.596. The predicted molar refractivity (Wildman–Crippen MR) is 80.5 cm³/mol. The number of hydrogen-bond donors (Lipinski definition) is 1. The average molecular weight is 320 g/mol. The molecular weight excluding hydrogens is 307 g/mol. The van der Waals surface area contributed by atoms with Gasteiger partial charge >= 0.3 is 0 Å². The summed E-state index contributed by atoms with van der Waals surface area (Å²) in [7, 11) is -3.44. The summed E-state index contributed by atoms with van der Waals surface area (Å²) in [6, 6.07) is 7.35. The van der Waals surface area contributed by atoms with Crippen LogP contribution in [0.2, 0.25) is 0 Å². The van der Waals surface area contributed by atoms with E-state index in [0.717, 1.165) is 17.9 Å². The van der Waals surface area contributed by atoms with Crippen molar-refractivity contribution in [3.8, 4) is 0 Å². The first-order valence-electron chi connectivity index (χ1n) is 6.42. The Balaban J connectivity index is 1.94. The van der Waals surface area contributed by atoms with Crippen molar-refractivity contribution in [2.45, 2.75) is 11.8 Å². The van der Waals surface area contributed by atoms with Crippen molar-refractivity contribution >= 4 is 27.1 Å². The van der Waals surface area contributed by atoms with Gasteiger partial charge < -0.3 is 5.32 Å². The number of pyridine rings is 1. The van der Waals surface area contributed by atoms with Crippen molar-refractivity contribution < 1.29 is 12.8 Å². The van der Waals surface area contributed by atoms with Crippen molar-refractivity contribution in [3.05, 3.63) is 47.9 Å². The second kappa shape index (κ2) is 5.06. The van der Waals surface area contributed by atoms with Gasteiger partial charge in [0.2, 0.25) is 5.95 Å². The fraction of sp³-hybridized carbons (Fsp3) is 0.143. The standard InChI is InChI=1S/C14H13FN4O2S/c1-9-3-6-13-17-14(18-19(13)8-9)16-12-5-4-10(7-11(12)15)22(2,20)21/h3-8H,1-2H3,(H,16,18). The molecule has 0 fully saturated rings. The van der Waals surface area contributed by atoms with Gasteiger partial charge in [-0.3, -0.25) is 0 Å². The summed E-state index contributed by atoms with van der Waals surface area (Å²) in [5.41, 5.74) is 1.76. The van der Waals surface area contributed by atoms with Crippen LogP contribution in [-0.4, -0.2) is 29.3 Å². The monoisotopic (exact) mass is 320 g/mol. The molecule has 0 radical (unpaired) electrons. The van der Waals surface area contributed by atoms with Crippen LogP contribution in [0.3, 0.4) is 0 Å². The molecule has 2 heterocycles. The van der Waals surface area contributed by atoms with Crippen LogP contribution in [0.15, 0.2) is 41.4 Å². The zero-order valence-corrected chi connectivity index (χ0v) is 12.7. The van der Waals surface area contributed by atoms with Crippen molar-refractivity contribution in [2.75, 3.05) is 11.6 Å². The van der Waals surface area contributed by atoms with E-state index in [9.17, 15) is 12.8 Å². The molecule has 0 aliphatic carbocycles. The topological polar surface area (TPSA) is 76.4 Å². The van der Waals surface area contributed by atoms with E-state index >= 15 is 0 Å². The van der Waals surface area contributed by atoms with E-state index in [0.29, 0.717) is 5.65 Å². The molecule has 0 saturated heterocycles. The summed E-state index contributed by atoms with van der Waals surface area (Å²) in [4.78, 5) is 4.14. The molecule has 0 aliphatic rings. The first-order valence-corrected chi connectivity index (χ1v) is 8.32. The van der Waals surface area contributed by atoms with Crippen LogP contribution in [0, 0.1) is 12.7 Å². The molecule has 0 atom stereocenters. The number of sulfone groups is 1. The molecule has 114 valence electrons. The average Bonchev–Trinajstić information content (AvgIpc) is 2.81. The van der Waals surface area contributed by atoms with Gasteiger partial charge in [0.25, 0.3) is 0 Å². The molecule has 0 unspecified atom stereocenters. The maximum Gasteiger partial charge on any atom is 0.247 e. The minimum atomic E-state index is -3.44. The van der Waals surface area contributed by atoms with E-state index in [1.54, 1.807) is 16.8 Å². The lowest BCUT2D eigenvalue weighted by Gasteiger charge is -2.05. The van der Waals surface area contributed by atoms with Gasteiger partial charge in [-0.15, -0.1) is 5.10 Å². The highest BCUT2D eigenvalue weighted by Gasteiger charge is 2.12. The van der Waals surface area contributed by atoms with E-state index in [1.807, 2.05) is 13.0 Å². The zero-order valence-electron chi connectivity index (χ0n) is 11.9. The Morgan fingerprint density at radius 2 is 2.00 bits per heavy atom. The van der Waals surface area contributed by atoms with Crippen molar-refractivity contribution in [2.24, 2.45) is 0 Å². The lowest BCUT2D eigenvalue weighted by Crippen LogP contribution is -2.01. The largest absolute Gasteiger partial charge is 0.320 e. The van der Waals surface area contributed by atoms with E-state index in [-0.39, 0.29) is 16.5 Å². The summed E-state index contributed by atoms with van der Waals surface area (Å²) in [6.45, 7) is 1.93. The second-order valence-electron chi connectivity index (χ2n) is 4.98. The van der Waals surface area contributed by atoms with Gasteiger partial charge in [-0.05, 0) is 36.8 Å². The normalized spacial score (nSPS) is 11.8. The lowest BCUT2D eigenvalue weighted by atomic mass is 10.3. The maximum absolute atomic E-state index is 14.0. The van der Waals surface area contributed by atoms with Crippen LogP contribution in [0.25, 0.3) is 5.65 Å². The molecule has 0 spiro atoms. The minimum absolute atomic E-state index is 0.0749. The van der Waals surface area contributed by atoms with Crippen molar-refractivity contribution in [1.29, 1.82) is 0 Å². The number of benzene rings is 1. The van der Waals surface area contributed by atoms with Gasteiger partial charge in [-0.1, -0.05) is 6.07 Å². The Labute approximate surface area is 126 Å². The first-order chi connectivity index (χ1) is 10.3. The number of halogens is 1. The SMILES string of the molecule is Cc1ccc2nc(Nc3ccc(S(C)(=O)=O)cc3F)nn2c1. The zero-order chi connectivity index (χ0) is 15.9. The number of aromatic nitrogens is 3. The highest BCUT2D eigenvalue weighted by molar-refractivity contribution is 7.90. The van der Waals surface area contributed by atoms with Crippen molar-refractivity contribution in [3.63, 3.8) is 0 Å². The number of anilines is 2. The number of aryl methyl sites for hydroxylation is 1. The molecule has 2 aromatic heterocycles. The molecule has 0 amide bonds. The van der Waals surface area contributed by atoms with Crippen LogP contribution >= 0.6 is 0 Å². The maximum atomic E-state index is 14.0. The third kappa shape index (κ3) is 2.77. The Morgan fingerprint density at radius 1 is 1.23 bits per heavy atom. The summed E-state index contributed by atoms with van der Waals surface area (Å²) in [6.07, 6.45) is 2.83. The molecule has 0 bridgehead atoms. The van der Waals surface area contributed by atoms with Gasteiger partial charge in [-0.2, -0.15) is 4.98 Å². The predicted octanol–water partition coefficient (Wildman–Crippen LogP) is 2.32. The van der Waals surface area contributed by atoms with Gasteiger partial charge in [0.1, 0.15) is 5.82 Å². The Bertz CT molecular complexity index is 966. The fourth-order valence-electron chi connectivity index (χ4n) is 1.99. The first kappa shape index (κ1) is 14.5. The number of fused-ring (bicyclic) bond motifs is 1. The molecular formula is C14H13FN4O2S. The third-order valence-corrected chi connectivity index (χ3v) is 4.20. The molecule has 3 rings (SSSR count). The van der Waals surface area contributed by atoms with E-state index in [1.165, 1.54) is 12.1 Å². The Morgan fingerprint density at radius 3 is 2.68 bits per heavy atom. The van der Waals surface area contributed by atoms with Gasteiger partial charge in [-0.25, -0.2) is 17.3 Å². The number of rotatable bonds is 3. The van der Waals surface area contributed by atoms with Crippen LogP contribution in [0.4, 0.5) is 16.0 Å². The van der Waals surface area contributed by atoms with Crippen LogP contribution in [0.5, 0.6) is 0 Å². The summed E-state index contributed by atoms with van der Waals surface area (Å²) < 4.78 is 38.4. The quantitative estimate of drug-likeness (QED) is 0.801. The van der Waals surface area contributed by atoms with Crippen LogP contribution in [0.1, 0.15) is 5.56 Å². The summed E-state index contributed by atoms with van der Waals surface area (Å²) in [5, 5.41) is 6.94. The molecule has 3 aromatic rings. The highest BCUT2D eigenvalue weighted by Crippen LogP contribution is 2.21. The van der Waals surface area contributed by atoms with E-state index < -0.39 is 15.7 Å². The number of nitrogens with one attached hydrogen (secondary N) is 1. The van der Waals surface area contributed by atoms with Crippen LogP contribution in [-0.2, 0) is 9.84 Å². The minimum Gasteiger partial charge on any atom is -0.320 e. The Hall–Kier alpha value is -2.48. The molecule has 1 N–H and O–H groups in total. The second-order valence-corrected chi connectivity index (χ2v) is 7.00. The fourth-order valence-corrected chi connectivity index (χ4v) is 2.62.